The fourth-order valence-corrected chi connectivity index (χ4v) is 1.74. The van der Waals surface area contributed by atoms with Gasteiger partial charge in [-0.05, 0) is 31.5 Å². The number of nitrogens with one attached hydrogen (secondary N) is 1. The molecular formula is C14H16ClN3O. The number of anilines is 1. The molecule has 0 amide bonds. The largest absolute Gasteiger partial charge is 0.439 e. The molecule has 0 aliphatic rings. The van der Waals surface area contributed by atoms with Crippen molar-refractivity contribution in [3.05, 3.63) is 41.0 Å². The van der Waals surface area contributed by atoms with Gasteiger partial charge in [0.2, 0.25) is 11.8 Å². The highest BCUT2D eigenvalue weighted by Crippen LogP contribution is 2.23. The Hall–Kier alpha value is -1.81. The quantitative estimate of drug-likeness (QED) is 0.895. The van der Waals surface area contributed by atoms with Crippen LogP contribution >= 0.6 is 11.6 Å². The molecular weight excluding hydrogens is 262 g/mol. The molecule has 1 N–H and O–H groups in total. The first-order valence-corrected chi connectivity index (χ1v) is 6.58. The van der Waals surface area contributed by atoms with E-state index in [1.165, 1.54) is 0 Å². The Bertz CT molecular complexity index is 560. The Morgan fingerprint density at radius 3 is 2.84 bits per heavy atom. The summed E-state index contributed by atoms with van der Waals surface area (Å²) in [6.07, 6.45) is 1.02. The van der Waals surface area contributed by atoms with E-state index < -0.39 is 0 Å². The molecule has 1 heterocycles. The summed E-state index contributed by atoms with van der Waals surface area (Å²) in [7, 11) is 0. The van der Waals surface area contributed by atoms with Gasteiger partial charge in [0.1, 0.15) is 5.75 Å². The molecule has 0 atom stereocenters. The molecule has 0 aliphatic heterocycles. The molecule has 0 saturated heterocycles. The first kappa shape index (κ1) is 13.6. The van der Waals surface area contributed by atoms with Gasteiger partial charge < -0.3 is 10.1 Å². The van der Waals surface area contributed by atoms with Crippen molar-refractivity contribution in [1.29, 1.82) is 0 Å². The maximum Gasteiger partial charge on any atom is 0.226 e. The van der Waals surface area contributed by atoms with Gasteiger partial charge in [-0.2, -0.15) is 4.98 Å². The Labute approximate surface area is 117 Å². The number of nitrogens with zero attached hydrogens (tertiary/aromatic N) is 2. The zero-order chi connectivity index (χ0) is 13.7. The number of hydrogen-bond donors (Lipinski definition) is 1. The van der Waals surface area contributed by atoms with Crippen molar-refractivity contribution in [1.82, 2.24) is 9.97 Å². The molecule has 100 valence electrons. The topological polar surface area (TPSA) is 47.0 Å². The summed E-state index contributed by atoms with van der Waals surface area (Å²) < 4.78 is 5.69. The number of hydrogen-bond acceptors (Lipinski definition) is 4. The van der Waals surface area contributed by atoms with Gasteiger partial charge in [0.15, 0.2) is 0 Å². The first-order chi connectivity index (χ1) is 9.17. The standard InChI is InChI=1S/C14H16ClN3O/c1-3-7-16-14-17-10(2)8-13(18-14)19-12-6-4-5-11(15)9-12/h4-6,8-9H,3,7H2,1-2H3,(H,16,17,18). The summed E-state index contributed by atoms with van der Waals surface area (Å²) in [4.78, 5) is 8.61. The van der Waals surface area contributed by atoms with E-state index >= 15 is 0 Å². The summed E-state index contributed by atoms with van der Waals surface area (Å²) in [5.74, 6) is 1.75. The van der Waals surface area contributed by atoms with Crippen LogP contribution in [0, 0.1) is 6.92 Å². The van der Waals surface area contributed by atoms with E-state index in [2.05, 4.69) is 22.2 Å². The van der Waals surface area contributed by atoms with Crippen LogP contribution in [0.4, 0.5) is 5.95 Å². The second-order valence-electron chi connectivity index (χ2n) is 4.16. The summed E-state index contributed by atoms with van der Waals surface area (Å²) in [5, 5.41) is 3.78. The maximum atomic E-state index is 5.92. The lowest BCUT2D eigenvalue weighted by Gasteiger charge is -2.08. The third-order valence-corrected chi connectivity index (χ3v) is 2.62. The van der Waals surface area contributed by atoms with Crippen molar-refractivity contribution in [2.24, 2.45) is 0 Å². The third-order valence-electron chi connectivity index (χ3n) is 2.38. The van der Waals surface area contributed by atoms with Gasteiger partial charge in [0.25, 0.3) is 0 Å². The number of rotatable bonds is 5. The number of aryl methyl sites for hydroxylation is 1. The lowest BCUT2D eigenvalue weighted by atomic mass is 10.3. The van der Waals surface area contributed by atoms with Gasteiger partial charge in [0, 0.05) is 23.3 Å². The van der Waals surface area contributed by atoms with Crippen molar-refractivity contribution < 1.29 is 4.74 Å². The van der Waals surface area contributed by atoms with Crippen LogP contribution in [0.3, 0.4) is 0 Å². The minimum absolute atomic E-state index is 0.508. The van der Waals surface area contributed by atoms with Crippen LogP contribution in [0.5, 0.6) is 11.6 Å². The van der Waals surface area contributed by atoms with Gasteiger partial charge in [-0.1, -0.05) is 24.6 Å². The molecule has 0 fully saturated rings. The van der Waals surface area contributed by atoms with Gasteiger partial charge in [0.05, 0.1) is 0 Å². The van der Waals surface area contributed by atoms with Crippen molar-refractivity contribution in [2.45, 2.75) is 20.3 Å². The highest BCUT2D eigenvalue weighted by atomic mass is 35.5. The van der Waals surface area contributed by atoms with Crippen LogP contribution in [0.15, 0.2) is 30.3 Å². The van der Waals surface area contributed by atoms with E-state index in [1.54, 1.807) is 18.2 Å². The predicted molar refractivity (Wildman–Crippen MR) is 77.1 cm³/mol. The lowest BCUT2D eigenvalue weighted by Crippen LogP contribution is -2.05. The van der Waals surface area contributed by atoms with Crippen LogP contribution in [-0.2, 0) is 0 Å². The number of aromatic nitrogens is 2. The van der Waals surface area contributed by atoms with Crippen molar-refractivity contribution in [3.63, 3.8) is 0 Å². The summed E-state index contributed by atoms with van der Waals surface area (Å²) in [5.41, 5.74) is 0.852. The van der Waals surface area contributed by atoms with Crippen LogP contribution in [-0.4, -0.2) is 16.5 Å². The summed E-state index contributed by atoms with van der Waals surface area (Å²) in [6.45, 7) is 4.83. The molecule has 0 radical (unpaired) electrons. The normalized spacial score (nSPS) is 10.3. The van der Waals surface area contributed by atoms with Crippen LogP contribution in [0.25, 0.3) is 0 Å². The zero-order valence-corrected chi connectivity index (χ0v) is 11.7. The Balaban J connectivity index is 2.17. The second kappa shape index (κ2) is 6.38. The van der Waals surface area contributed by atoms with Crippen LogP contribution in [0.1, 0.15) is 19.0 Å². The lowest BCUT2D eigenvalue weighted by molar-refractivity contribution is 0.461. The fourth-order valence-electron chi connectivity index (χ4n) is 1.56. The maximum absolute atomic E-state index is 5.92. The minimum Gasteiger partial charge on any atom is -0.439 e. The molecule has 0 saturated carbocycles. The van der Waals surface area contributed by atoms with Crippen molar-refractivity contribution in [2.75, 3.05) is 11.9 Å². The van der Waals surface area contributed by atoms with E-state index in [1.807, 2.05) is 19.1 Å². The fraction of sp³-hybridized carbons (Fsp3) is 0.286. The first-order valence-electron chi connectivity index (χ1n) is 6.20. The molecule has 0 unspecified atom stereocenters. The van der Waals surface area contributed by atoms with E-state index in [0.29, 0.717) is 22.6 Å². The zero-order valence-electron chi connectivity index (χ0n) is 11.0. The van der Waals surface area contributed by atoms with E-state index in [0.717, 1.165) is 18.7 Å². The number of benzene rings is 1. The third kappa shape index (κ3) is 4.10. The van der Waals surface area contributed by atoms with Gasteiger partial charge in [-0.15, -0.1) is 0 Å². The smallest absolute Gasteiger partial charge is 0.226 e. The van der Waals surface area contributed by atoms with Gasteiger partial charge >= 0.3 is 0 Å². The van der Waals surface area contributed by atoms with Gasteiger partial charge in [-0.25, -0.2) is 4.98 Å². The Morgan fingerprint density at radius 1 is 1.26 bits per heavy atom. The summed E-state index contributed by atoms with van der Waals surface area (Å²) >= 11 is 5.92. The monoisotopic (exact) mass is 277 g/mol. The molecule has 5 heteroatoms. The Morgan fingerprint density at radius 2 is 2.11 bits per heavy atom. The molecule has 1 aromatic heterocycles. The number of ether oxygens (including phenoxy) is 1. The molecule has 2 aromatic rings. The molecule has 1 aromatic carbocycles. The highest BCUT2D eigenvalue weighted by molar-refractivity contribution is 6.30. The van der Waals surface area contributed by atoms with E-state index in [4.69, 9.17) is 16.3 Å². The molecule has 0 spiro atoms. The average Bonchev–Trinajstić information content (AvgIpc) is 2.35. The molecule has 2 rings (SSSR count). The Kier molecular flexibility index (Phi) is 4.58. The summed E-state index contributed by atoms with van der Waals surface area (Å²) in [6, 6.07) is 9.01. The molecule has 0 aliphatic carbocycles. The molecule has 19 heavy (non-hydrogen) atoms. The molecule has 0 bridgehead atoms. The minimum atomic E-state index is 0.508. The predicted octanol–water partition coefficient (Wildman–Crippen LogP) is 4.05. The highest BCUT2D eigenvalue weighted by Gasteiger charge is 2.04. The average molecular weight is 278 g/mol. The van der Waals surface area contributed by atoms with Crippen LogP contribution < -0.4 is 10.1 Å². The molecule has 4 nitrogen and oxygen atoms in total. The number of halogens is 1. The van der Waals surface area contributed by atoms with Crippen molar-refractivity contribution >= 4 is 17.5 Å². The van der Waals surface area contributed by atoms with E-state index in [9.17, 15) is 0 Å². The second-order valence-corrected chi connectivity index (χ2v) is 4.59. The van der Waals surface area contributed by atoms with Crippen molar-refractivity contribution in [3.8, 4) is 11.6 Å². The van der Waals surface area contributed by atoms with Gasteiger partial charge in [-0.3, -0.25) is 0 Å². The van der Waals surface area contributed by atoms with E-state index in [-0.39, 0.29) is 0 Å². The van der Waals surface area contributed by atoms with Crippen LogP contribution in [0.2, 0.25) is 5.02 Å². The SMILES string of the molecule is CCCNc1nc(C)cc(Oc2cccc(Cl)c2)n1.